The molecular weight excluding hydrogens is 442 g/mol. The SMILES string of the molecule is CCC(C)c1ccc(N2C(=O)c3ccccc3N(Cc3ccccc3)C2c2cccc(C#N)c2)cc1. The molecule has 0 aliphatic carbocycles. The van der Waals surface area contributed by atoms with Crippen molar-refractivity contribution in [1.29, 1.82) is 5.26 Å². The van der Waals surface area contributed by atoms with E-state index in [1.165, 1.54) is 5.56 Å². The van der Waals surface area contributed by atoms with Crippen molar-refractivity contribution >= 4 is 17.3 Å². The summed E-state index contributed by atoms with van der Waals surface area (Å²) in [5, 5.41) is 9.62. The molecule has 1 aliphatic rings. The van der Waals surface area contributed by atoms with Gasteiger partial charge in [-0.1, -0.05) is 80.6 Å². The molecule has 0 saturated heterocycles. The van der Waals surface area contributed by atoms with Crippen LogP contribution in [0.25, 0.3) is 0 Å². The number of carbonyl (C=O) groups excluding carboxylic acids is 1. The van der Waals surface area contributed by atoms with Gasteiger partial charge in [-0.05, 0) is 65.4 Å². The first kappa shape index (κ1) is 23.4. The number of para-hydroxylation sites is 1. The van der Waals surface area contributed by atoms with Crippen LogP contribution >= 0.6 is 0 Å². The highest BCUT2D eigenvalue weighted by Gasteiger charge is 2.39. The fourth-order valence-corrected chi connectivity index (χ4v) is 4.92. The molecule has 0 aromatic heterocycles. The molecule has 0 radical (unpaired) electrons. The predicted molar refractivity (Wildman–Crippen MR) is 145 cm³/mol. The van der Waals surface area contributed by atoms with Gasteiger partial charge in [0.05, 0.1) is 22.9 Å². The van der Waals surface area contributed by atoms with Crippen LogP contribution in [0.2, 0.25) is 0 Å². The monoisotopic (exact) mass is 471 g/mol. The molecule has 0 saturated carbocycles. The third kappa shape index (κ3) is 4.36. The summed E-state index contributed by atoms with van der Waals surface area (Å²) in [4.78, 5) is 18.2. The zero-order valence-corrected chi connectivity index (χ0v) is 20.6. The Bertz CT molecular complexity index is 1410. The van der Waals surface area contributed by atoms with E-state index < -0.39 is 6.17 Å². The van der Waals surface area contributed by atoms with Gasteiger partial charge in [-0.3, -0.25) is 9.69 Å². The van der Waals surface area contributed by atoms with Crippen LogP contribution in [-0.2, 0) is 6.54 Å². The smallest absolute Gasteiger partial charge is 0.262 e. The molecule has 1 amide bonds. The summed E-state index contributed by atoms with van der Waals surface area (Å²) >= 11 is 0. The summed E-state index contributed by atoms with van der Waals surface area (Å²) in [5.41, 5.74) is 6.29. The number of amides is 1. The molecule has 178 valence electrons. The van der Waals surface area contributed by atoms with Gasteiger partial charge in [0, 0.05) is 12.2 Å². The Morgan fingerprint density at radius 3 is 2.33 bits per heavy atom. The molecule has 4 aromatic rings. The van der Waals surface area contributed by atoms with E-state index in [0.29, 0.717) is 23.6 Å². The lowest BCUT2D eigenvalue weighted by molar-refractivity contribution is 0.0968. The molecule has 0 N–H and O–H groups in total. The van der Waals surface area contributed by atoms with Gasteiger partial charge in [0.15, 0.2) is 0 Å². The molecule has 1 heterocycles. The van der Waals surface area contributed by atoms with Crippen LogP contribution in [-0.4, -0.2) is 5.91 Å². The van der Waals surface area contributed by atoms with Gasteiger partial charge in [-0.25, -0.2) is 0 Å². The molecule has 0 spiro atoms. The molecule has 4 nitrogen and oxygen atoms in total. The van der Waals surface area contributed by atoms with Gasteiger partial charge in [0.1, 0.15) is 6.17 Å². The molecule has 5 rings (SSSR count). The first-order chi connectivity index (χ1) is 17.6. The Morgan fingerprint density at radius 2 is 1.61 bits per heavy atom. The number of benzene rings is 4. The highest BCUT2D eigenvalue weighted by Crippen LogP contribution is 2.42. The van der Waals surface area contributed by atoms with Gasteiger partial charge < -0.3 is 4.90 Å². The van der Waals surface area contributed by atoms with Crippen molar-refractivity contribution < 1.29 is 4.79 Å². The van der Waals surface area contributed by atoms with Crippen molar-refractivity contribution in [2.24, 2.45) is 0 Å². The van der Waals surface area contributed by atoms with Crippen LogP contribution in [0.5, 0.6) is 0 Å². The lowest BCUT2D eigenvalue weighted by Crippen LogP contribution is -2.49. The van der Waals surface area contributed by atoms with Gasteiger partial charge in [-0.2, -0.15) is 5.26 Å². The second kappa shape index (κ2) is 10.1. The zero-order chi connectivity index (χ0) is 25.1. The Kier molecular flexibility index (Phi) is 6.56. The van der Waals surface area contributed by atoms with Gasteiger partial charge in [-0.15, -0.1) is 0 Å². The lowest BCUT2D eigenvalue weighted by Gasteiger charge is -2.46. The predicted octanol–water partition coefficient (Wildman–Crippen LogP) is 7.44. The maximum atomic E-state index is 14.1. The van der Waals surface area contributed by atoms with Crippen LogP contribution < -0.4 is 9.80 Å². The number of hydrogen-bond acceptors (Lipinski definition) is 3. The molecule has 2 unspecified atom stereocenters. The molecular formula is C32H29N3O. The fraction of sp³-hybridized carbons (Fsp3) is 0.188. The van der Waals surface area contributed by atoms with Crippen LogP contribution in [0.3, 0.4) is 0 Å². The van der Waals surface area contributed by atoms with Crippen molar-refractivity contribution in [3.05, 3.63) is 131 Å². The van der Waals surface area contributed by atoms with Gasteiger partial charge >= 0.3 is 0 Å². The summed E-state index contributed by atoms with van der Waals surface area (Å²) < 4.78 is 0. The zero-order valence-electron chi connectivity index (χ0n) is 20.6. The van der Waals surface area contributed by atoms with Crippen molar-refractivity contribution in [2.45, 2.75) is 38.9 Å². The van der Waals surface area contributed by atoms with Crippen molar-refractivity contribution in [2.75, 3.05) is 9.80 Å². The van der Waals surface area contributed by atoms with Crippen LogP contribution in [0.15, 0.2) is 103 Å². The van der Waals surface area contributed by atoms with E-state index in [4.69, 9.17) is 0 Å². The minimum absolute atomic E-state index is 0.0430. The fourth-order valence-electron chi connectivity index (χ4n) is 4.92. The van der Waals surface area contributed by atoms with Crippen LogP contribution in [0.4, 0.5) is 11.4 Å². The second-order valence-corrected chi connectivity index (χ2v) is 9.32. The summed E-state index contributed by atoms with van der Waals surface area (Å²) in [6, 6.07) is 36.3. The molecule has 2 atom stereocenters. The van der Waals surface area contributed by atoms with Crippen molar-refractivity contribution in [1.82, 2.24) is 0 Å². The molecule has 4 aromatic carbocycles. The lowest BCUT2D eigenvalue weighted by atomic mass is 9.96. The van der Waals surface area contributed by atoms with Gasteiger partial charge in [0.2, 0.25) is 0 Å². The normalized spacial score (nSPS) is 15.8. The highest BCUT2D eigenvalue weighted by molar-refractivity contribution is 6.12. The minimum Gasteiger partial charge on any atom is -0.342 e. The Morgan fingerprint density at radius 1 is 0.889 bits per heavy atom. The van der Waals surface area contributed by atoms with E-state index in [2.05, 4.69) is 61.2 Å². The number of rotatable bonds is 6. The van der Waals surface area contributed by atoms with Crippen LogP contribution in [0, 0.1) is 11.3 Å². The number of hydrogen-bond donors (Lipinski definition) is 0. The van der Waals surface area contributed by atoms with E-state index in [1.54, 1.807) is 6.07 Å². The third-order valence-electron chi connectivity index (χ3n) is 7.06. The Hall–Kier alpha value is -4.36. The van der Waals surface area contributed by atoms with Crippen molar-refractivity contribution in [3.8, 4) is 6.07 Å². The summed E-state index contributed by atoms with van der Waals surface area (Å²) in [5.74, 6) is 0.410. The maximum Gasteiger partial charge on any atom is 0.262 e. The summed E-state index contributed by atoms with van der Waals surface area (Å²) in [6.07, 6.45) is 0.652. The first-order valence-electron chi connectivity index (χ1n) is 12.4. The number of nitrogens with zero attached hydrogens (tertiary/aromatic N) is 3. The number of carbonyl (C=O) groups is 1. The molecule has 4 heteroatoms. The van der Waals surface area contributed by atoms with E-state index in [0.717, 1.165) is 28.9 Å². The molecule has 1 aliphatic heterocycles. The molecule has 36 heavy (non-hydrogen) atoms. The first-order valence-corrected chi connectivity index (χ1v) is 12.4. The Balaban J connectivity index is 1.70. The average Bonchev–Trinajstić information content (AvgIpc) is 2.94. The Labute approximate surface area is 213 Å². The third-order valence-corrected chi connectivity index (χ3v) is 7.06. The summed E-state index contributed by atoms with van der Waals surface area (Å²) in [6.45, 7) is 5.02. The maximum absolute atomic E-state index is 14.1. The van der Waals surface area contributed by atoms with Crippen LogP contribution in [0.1, 0.15) is 65.0 Å². The standard InChI is InChI=1S/C32H29N3O/c1-3-23(2)26-16-18-28(19-17-26)35-31(27-13-9-12-25(20-27)21-33)34(22-24-10-5-4-6-11-24)30-15-8-7-14-29(30)32(35)36/h4-20,23,31H,3,22H2,1-2H3. The second-order valence-electron chi connectivity index (χ2n) is 9.32. The molecule has 0 fully saturated rings. The van der Waals surface area contributed by atoms with E-state index in [1.807, 2.05) is 65.6 Å². The van der Waals surface area contributed by atoms with E-state index >= 15 is 0 Å². The highest BCUT2D eigenvalue weighted by atomic mass is 16.2. The number of fused-ring (bicyclic) bond motifs is 1. The van der Waals surface area contributed by atoms with Crippen molar-refractivity contribution in [3.63, 3.8) is 0 Å². The van der Waals surface area contributed by atoms with E-state index in [9.17, 15) is 10.1 Å². The number of nitriles is 1. The number of anilines is 2. The van der Waals surface area contributed by atoms with E-state index in [-0.39, 0.29) is 5.91 Å². The minimum atomic E-state index is -0.407. The topological polar surface area (TPSA) is 47.3 Å². The largest absolute Gasteiger partial charge is 0.342 e. The van der Waals surface area contributed by atoms with Gasteiger partial charge in [0.25, 0.3) is 5.91 Å². The molecule has 0 bridgehead atoms. The quantitative estimate of drug-likeness (QED) is 0.294. The summed E-state index contributed by atoms with van der Waals surface area (Å²) in [7, 11) is 0. The average molecular weight is 472 g/mol.